The molecule has 0 bridgehead atoms. The Bertz CT molecular complexity index is 663. The Labute approximate surface area is 173 Å². The van der Waals surface area contributed by atoms with Crippen LogP contribution < -0.4 is 0 Å². The summed E-state index contributed by atoms with van der Waals surface area (Å²) in [6.45, 7) is 0.804. The molecule has 4 N–H and O–H groups in total. The molecule has 9 atom stereocenters. The van der Waals surface area contributed by atoms with Crippen LogP contribution >= 0.6 is 0 Å². The molecule has 3 aliphatic rings. The smallest absolute Gasteiger partial charge is 0.337 e. The predicted molar refractivity (Wildman–Crippen MR) is 96.2 cm³/mol. The second kappa shape index (κ2) is 9.58. The Morgan fingerprint density at radius 2 is 1.87 bits per heavy atom. The summed E-state index contributed by atoms with van der Waals surface area (Å²) in [7, 11) is 1.26. The van der Waals surface area contributed by atoms with Crippen LogP contribution in [0.25, 0.3) is 0 Å². The molecule has 2 fully saturated rings. The third-order valence-corrected chi connectivity index (χ3v) is 5.94. The van der Waals surface area contributed by atoms with E-state index in [1.54, 1.807) is 0 Å². The van der Waals surface area contributed by atoms with Gasteiger partial charge in [-0.1, -0.05) is 0 Å². The maximum atomic E-state index is 12.1. The van der Waals surface area contributed by atoms with Crippen molar-refractivity contribution in [2.45, 2.75) is 56.8 Å². The van der Waals surface area contributed by atoms with Crippen molar-refractivity contribution in [1.29, 1.82) is 0 Å². The van der Waals surface area contributed by atoms with Crippen molar-refractivity contribution in [3.63, 3.8) is 0 Å². The molecule has 0 spiro atoms. The number of methoxy groups -OCH3 is 1. The fourth-order valence-corrected chi connectivity index (χ4v) is 4.37. The summed E-state index contributed by atoms with van der Waals surface area (Å²) >= 11 is 0. The normalized spacial score (nSPS) is 40.7. The van der Waals surface area contributed by atoms with E-state index in [1.165, 1.54) is 20.3 Å². The van der Waals surface area contributed by atoms with Crippen molar-refractivity contribution in [3.05, 3.63) is 11.8 Å². The van der Waals surface area contributed by atoms with Crippen LogP contribution in [0.3, 0.4) is 0 Å². The summed E-state index contributed by atoms with van der Waals surface area (Å²) in [5.74, 6) is -1.88. The van der Waals surface area contributed by atoms with E-state index in [0.29, 0.717) is 18.4 Å². The molecular weight excluding hydrogens is 404 g/mol. The molecule has 3 rings (SSSR count). The zero-order chi connectivity index (χ0) is 22.0. The van der Waals surface area contributed by atoms with E-state index in [0.717, 1.165) is 0 Å². The lowest BCUT2D eigenvalue weighted by molar-refractivity contribution is -0.342. The highest BCUT2D eigenvalue weighted by Crippen LogP contribution is 2.47. The second-order valence-electron chi connectivity index (χ2n) is 7.73. The highest BCUT2D eigenvalue weighted by molar-refractivity contribution is 5.89. The van der Waals surface area contributed by atoms with Gasteiger partial charge in [-0.2, -0.15) is 0 Å². The highest BCUT2D eigenvalue weighted by atomic mass is 16.8. The molecular formula is C19H28O11. The van der Waals surface area contributed by atoms with E-state index in [9.17, 15) is 30.0 Å². The Hall–Kier alpha value is -1.76. The third-order valence-electron chi connectivity index (χ3n) is 5.94. The van der Waals surface area contributed by atoms with Gasteiger partial charge in [0.05, 0.1) is 32.2 Å². The van der Waals surface area contributed by atoms with Crippen molar-refractivity contribution < 1.29 is 53.7 Å². The molecule has 0 aromatic carbocycles. The minimum Gasteiger partial charge on any atom is -0.472 e. The number of carbonyl (C=O) groups is 2. The van der Waals surface area contributed by atoms with E-state index in [4.69, 9.17) is 23.7 Å². The first-order valence-electron chi connectivity index (χ1n) is 9.81. The molecule has 30 heavy (non-hydrogen) atoms. The first-order chi connectivity index (χ1) is 14.3. The van der Waals surface area contributed by atoms with Crippen LogP contribution in [0.15, 0.2) is 11.8 Å². The molecule has 1 aliphatic carbocycles. The standard InChI is InChI=1S/C19H28O11/c1-8(21)27-6-9-3-4-10-11(17(25)26-2)7-28-18(13(9)10)30-19-16(24)15(23)14(22)12(5-20)29-19/h7,9-10,12-16,18-20,22-24H,3-6H2,1-2H3/t9-,10-,12-,13+,14-,15+,16-,18+,19+/m1/s1. The van der Waals surface area contributed by atoms with Gasteiger partial charge in [-0.25, -0.2) is 4.79 Å². The van der Waals surface area contributed by atoms with Crippen molar-refractivity contribution in [2.24, 2.45) is 17.8 Å². The zero-order valence-corrected chi connectivity index (χ0v) is 16.7. The molecule has 1 saturated heterocycles. The topological polar surface area (TPSA) is 161 Å². The lowest BCUT2D eigenvalue weighted by atomic mass is 9.83. The van der Waals surface area contributed by atoms with Gasteiger partial charge in [0.15, 0.2) is 6.29 Å². The number of aliphatic hydroxyl groups excluding tert-OH is 4. The number of esters is 2. The number of ether oxygens (including phenoxy) is 5. The van der Waals surface area contributed by atoms with E-state index < -0.39 is 61.5 Å². The summed E-state index contributed by atoms with van der Waals surface area (Å²) in [5.41, 5.74) is 0.335. The fraction of sp³-hybridized carbons (Fsp3) is 0.789. The van der Waals surface area contributed by atoms with Gasteiger partial charge >= 0.3 is 11.9 Å². The van der Waals surface area contributed by atoms with Gasteiger partial charge in [-0.15, -0.1) is 0 Å². The zero-order valence-electron chi connectivity index (χ0n) is 16.7. The molecule has 2 heterocycles. The number of hydrogen-bond acceptors (Lipinski definition) is 11. The largest absolute Gasteiger partial charge is 0.472 e. The SMILES string of the molecule is COC(=O)C1=CO[C@@H](O[C@@H]2O[C@H](CO)[C@@H](O)[C@H](O)[C@H]2O)[C@H]2[C@@H](COC(C)=O)CC[C@H]12. The minimum atomic E-state index is -1.60. The Morgan fingerprint density at radius 1 is 1.13 bits per heavy atom. The molecule has 0 radical (unpaired) electrons. The fourth-order valence-electron chi connectivity index (χ4n) is 4.37. The average molecular weight is 432 g/mol. The van der Waals surface area contributed by atoms with E-state index in [2.05, 4.69) is 0 Å². The van der Waals surface area contributed by atoms with Crippen LogP contribution in [0.4, 0.5) is 0 Å². The predicted octanol–water partition coefficient (Wildman–Crippen LogP) is -1.58. The van der Waals surface area contributed by atoms with Gasteiger partial charge in [0.2, 0.25) is 6.29 Å². The van der Waals surface area contributed by atoms with E-state index >= 15 is 0 Å². The Balaban J connectivity index is 1.80. The quantitative estimate of drug-likeness (QED) is 0.359. The lowest BCUT2D eigenvalue weighted by Crippen LogP contribution is -2.60. The van der Waals surface area contributed by atoms with Crippen LogP contribution in [0.5, 0.6) is 0 Å². The summed E-state index contributed by atoms with van der Waals surface area (Å²) in [6.07, 6.45) is -5.73. The highest BCUT2D eigenvalue weighted by Gasteiger charge is 2.52. The van der Waals surface area contributed by atoms with Gasteiger partial charge in [-0.05, 0) is 12.8 Å². The van der Waals surface area contributed by atoms with Crippen molar-refractivity contribution in [1.82, 2.24) is 0 Å². The van der Waals surface area contributed by atoms with E-state index in [-0.39, 0.29) is 18.4 Å². The van der Waals surface area contributed by atoms with Crippen LogP contribution in [0.2, 0.25) is 0 Å². The Morgan fingerprint density at radius 3 is 2.50 bits per heavy atom. The molecule has 0 aromatic heterocycles. The summed E-state index contributed by atoms with van der Waals surface area (Å²) in [5, 5.41) is 39.5. The van der Waals surface area contributed by atoms with E-state index in [1.807, 2.05) is 0 Å². The van der Waals surface area contributed by atoms with Crippen molar-refractivity contribution >= 4 is 11.9 Å². The average Bonchev–Trinajstić information content (AvgIpc) is 3.16. The number of aliphatic hydroxyl groups is 4. The van der Waals surface area contributed by atoms with Gasteiger partial charge in [0, 0.05) is 24.7 Å². The third kappa shape index (κ3) is 4.46. The number of hydrogen-bond donors (Lipinski definition) is 4. The minimum absolute atomic E-state index is 0.100. The maximum Gasteiger partial charge on any atom is 0.337 e. The number of rotatable bonds is 6. The van der Waals surface area contributed by atoms with Crippen molar-refractivity contribution in [3.8, 4) is 0 Å². The molecule has 170 valence electrons. The monoisotopic (exact) mass is 432 g/mol. The summed E-state index contributed by atoms with van der Waals surface area (Å²) in [6, 6.07) is 0. The lowest BCUT2D eigenvalue weighted by Gasteiger charge is -2.43. The van der Waals surface area contributed by atoms with Gasteiger partial charge < -0.3 is 44.1 Å². The van der Waals surface area contributed by atoms with Crippen LogP contribution in [0.1, 0.15) is 19.8 Å². The van der Waals surface area contributed by atoms with Crippen LogP contribution in [0, 0.1) is 17.8 Å². The molecule has 11 nitrogen and oxygen atoms in total. The molecule has 0 aromatic rings. The van der Waals surface area contributed by atoms with Gasteiger partial charge in [0.1, 0.15) is 24.4 Å². The first-order valence-corrected chi connectivity index (χ1v) is 9.81. The molecule has 0 unspecified atom stereocenters. The first kappa shape index (κ1) is 22.9. The second-order valence-corrected chi connectivity index (χ2v) is 7.73. The van der Waals surface area contributed by atoms with Crippen LogP contribution in [-0.2, 0) is 33.3 Å². The molecule has 1 saturated carbocycles. The molecule has 0 amide bonds. The van der Waals surface area contributed by atoms with Crippen molar-refractivity contribution in [2.75, 3.05) is 20.3 Å². The van der Waals surface area contributed by atoms with Gasteiger partial charge in [0.25, 0.3) is 0 Å². The van der Waals surface area contributed by atoms with Gasteiger partial charge in [-0.3, -0.25) is 4.79 Å². The summed E-state index contributed by atoms with van der Waals surface area (Å²) < 4.78 is 26.8. The molecule has 2 aliphatic heterocycles. The van der Waals surface area contributed by atoms with Crippen LogP contribution in [-0.4, -0.2) is 89.7 Å². The maximum absolute atomic E-state index is 12.1. The number of carbonyl (C=O) groups excluding carboxylic acids is 2. The summed E-state index contributed by atoms with van der Waals surface area (Å²) in [4.78, 5) is 23.4. The number of fused-ring (bicyclic) bond motifs is 1. The Kier molecular flexibility index (Phi) is 7.32. The molecule has 11 heteroatoms.